The summed E-state index contributed by atoms with van der Waals surface area (Å²) in [5.41, 5.74) is -0.127. The number of benzene rings is 1. The number of anilines is 1. The molecule has 1 aromatic heterocycles. The number of Topliss-reactive ketones (excluding diaryl/α,β-unsaturated/α-hetero) is 1. The number of rotatable bonds is 6. The van der Waals surface area contributed by atoms with Gasteiger partial charge >= 0.3 is 5.69 Å². The van der Waals surface area contributed by atoms with E-state index in [1.807, 2.05) is 13.8 Å². The van der Waals surface area contributed by atoms with Crippen LogP contribution in [-0.2, 0) is 13.6 Å². The highest BCUT2D eigenvalue weighted by atomic mass is 16.5. The van der Waals surface area contributed by atoms with Crippen LogP contribution >= 0.6 is 0 Å². The minimum Gasteiger partial charge on any atom is -0.493 e. The van der Waals surface area contributed by atoms with Gasteiger partial charge in [0.15, 0.2) is 11.5 Å². The Labute approximate surface area is 162 Å². The molecule has 2 aromatic rings. The first-order chi connectivity index (χ1) is 13.4. The van der Waals surface area contributed by atoms with E-state index in [9.17, 15) is 14.4 Å². The predicted octanol–water partition coefficient (Wildman–Crippen LogP) is 2.01. The molecule has 0 saturated heterocycles. The van der Waals surface area contributed by atoms with Gasteiger partial charge in [-0.05, 0) is 37.1 Å². The summed E-state index contributed by atoms with van der Waals surface area (Å²) in [6.07, 6.45) is 2.32. The average molecular weight is 385 g/mol. The fourth-order valence-electron chi connectivity index (χ4n) is 3.17. The highest BCUT2D eigenvalue weighted by Gasteiger charge is 2.32. The minimum absolute atomic E-state index is 0.0136. The van der Waals surface area contributed by atoms with Crippen LogP contribution in [0.4, 0.5) is 5.82 Å². The third-order valence-electron chi connectivity index (χ3n) is 4.51. The van der Waals surface area contributed by atoms with E-state index in [-0.39, 0.29) is 17.1 Å². The quantitative estimate of drug-likeness (QED) is 0.765. The van der Waals surface area contributed by atoms with E-state index in [2.05, 4.69) is 5.32 Å². The van der Waals surface area contributed by atoms with E-state index in [1.54, 1.807) is 31.4 Å². The van der Waals surface area contributed by atoms with Gasteiger partial charge in [0.05, 0.1) is 19.4 Å². The second kappa shape index (κ2) is 7.75. The number of allylic oxidation sites excluding steroid dienone is 1. The zero-order valence-electron chi connectivity index (χ0n) is 16.4. The average Bonchev–Trinajstić information content (AvgIpc) is 3.00. The Hall–Kier alpha value is -3.29. The summed E-state index contributed by atoms with van der Waals surface area (Å²) < 4.78 is 13.2. The number of ketones is 1. The first kappa shape index (κ1) is 19.5. The molecule has 0 radical (unpaired) electrons. The third-order valence-corrected chi connectivity index (χ3v) is 4.51. The first-order valence-corrected chi connectivity index (χ1v) is 9.11. The maximum atomic E-state index is 12.9. The molecule has 1 aliphatic rings. The Bertz CT molecular complexity index is 1080. The number of aromatic nitrogens is 2. The number of fused-ring (bicyclic) bond motifs is 1. The molecule has 3 rings (SSSR count). The largest absolute Gasteiger partial charge is 0.493 e. The second-order valence-electron chi connectivity index (χ2n) is 6.38. The number of hydrogen-bond donors (Lipinski definition) is 1. The lowest BCUT2D eigenvalue weighted by atomic mass is 10.1. The van der Waals surface area contributed by atoms with Crippen molar-refractivity contribution >= 4 is 17.7 Å². The molecule has 1 aliphatic heterocycles. The van der Waals surface area contributed by atoms with Gasteiger partial charge in [-0.3, -0.25) is 18.7 Å². The molecular weight excluding hydrogens is 362 g/mol. The van der Waals surface area contributed by atoms with Gasteiger partial charge in [0.1, 0.15) is 11.4 Å². The molecule has 0 aliphatic carbocycles. The molecule has 28 heavy (non-hydrogen) atoms. The van der Waals surface area contributed by atoms with Crippen molar-refractivity contribution in [2.45, 2.75) is 26.8 Å². The van der Waals surface area contributed by atoms with Crippen molar-refractivity contribution in [3.05, 3.63) is 55.9 Å². The summed E-state index contributed by atoms with van der Waals surface area (Å²) in [7, 11) is 2.93. The molecule has 8 nitrogen and oxygen atoms in total. The van der Waals surface area contributed by atoms with Gasteiger partial charge in [-0.25, -0.2) is 4.79 Å². The van der Waals surface area contributed by atoms with Crippen LogP contribution in [0.25, 0.3) is 6.08 Å². The van der Waals surface area contributed by atoms with Crippen LogP contribution in [0.15, 0.2) is 33.5 Å². The molecule has 0 bridgehead atoms. The number of ether oxygens (including phenoxy) is 2. The second-order valence-corrected chi connectivity index (χ2v) is 6.38. The van der Waals surface area contributed by atoms with Crippen molar-refractivity contribution < 1.29 is 14.3 Å². The monoisotopic (exact) mass is 385 g/mol. The lowest BCUT2D eigenvalue weighted by Crippen LogP contribution is -2.40. The third kappa shape index (κ3) is 3.21. The smallest absolute Gasteiger partial charge is 0.332 e. The molecule has 0 atom stereocenters. The Morgan fingerprint density at radius 3 is 2.54 bits per heavy atom. The van der Waals surface area contributed by atoms with E-state index in [0.29, 0.717) is 36.6 Å². The van der Waals surface area contributed by atoms with Crippen LogP contribution in [0.5, 0.6) is 11.5 Å². The number of nitrogens with zero attached hydrogens (tertiary/aromatic N) is 2. The number of carbonyl (C=O) groups excluding carboxylic acids is 1. The van der Waals surface area contributed by atoms with Crippen molar-refractivity contribution in [1.82, 2.24) is 9.13 Å². The van der Waals surface area contributed by atoms with Gasteiger partial charge in [-0.2, -0.15) is 0 Å². The molecule has 1 aromatic carbocycles. The highest BCUT2D eigenvalue weighted by molar-refractivity contribution is 6.19. The van der Waals surface area contributed by atoms with E-state index < -0.39 is 17.0 Å². The normalized spacial score (nSPS) is 14.1. The minimum atomic E-state index is -0.599. The lowest BCUT2D eigenvalue weighted by molar-refractivity contribution is 0.104. The van der Waals surface area contributed by atoms with Crippen LogP contribution in [0.1, 0.15) is 36.2 Å². The SMILES string of the molecule is CCCn1c2c(c(=O)n(C)c1=O)C(=O)/C(=C/c1ccc(OC)c(OCC)c1)N2. The molecule has 0 fully saturated rings. The zero-order chi connectivity index (χ0) is 20.4. The zero-order valence-corrected chi connectivity index (χ0v) is 16.4. The summed E-state index contributed by atoms with van der Waals surface area (Å²) in [6.45, 7) is 4.66. The maximum absolute atomic E-state index is 12.9. The summed E-state index contributed by atoms with van der Waals surface area (Å²) in [5, 5.41) is 2.96. The van der Waals surface area contributed by atoms with Crippen molar-refractivity contribution in [3.63, 3.8) is 0 Å². The van der Waals surface area contributed by atoms with Crippen LogP contribution in [0.3, 0.4) is 0 Å². The van der Waals surface area contributed by atoms with E-state index in [0.717, 1.165) is 4.57 Å². The molecule has 2 heterocycles. The number of carbonyl (C=O) groups is 1. The fourth-order valence-corrected chi connectivity index (χ4v) is 3.17. The summed E-state index contributed by atoms with van der Waals surface area (Å²) in [4.78, 5) is 37.8. The predicted molar refractivity (Wildman–Crippen MR) is 106 cm³/mol. The van der Waals surface area contributed by atoms with Crippen molar-refractivity contribution in [3.8, 4) is 11.5 Å². The van der Waals surface area contributed by atoms with E-state index in [4.69, 9.17) is 9.47 Å². The van der Waals surface area contributed by atoms with Crippen LogP contribution in [-0.4, -0.2) is 28.6 Å². The van der Waals surface area contributed by atoms with Crippen LogP contribution in [0, 0.1) is 0 Å². The Balaban J connectivity index is 2.09. The molecule has 1 N–H and O–H groups in total. The molecule has 0 saturated carbocycles. The first-order valence-electron chi connectivity index (χ1n) is 9.11. The van der Waals surface area contributed by atoms with Gasteiger partial charge in [-0.15, -0.1) is 0 Å². The van der Waals surface area contributed by atoms with E-state index >= 15 is 0 Å². The maximum Gasteiger partial charge on any atom is 0.332 e. The van der Waals surface area contributed by atoms with Crippen molar-refractivity contribution in [1.29, 1.82) is 0 Å². The Kier molecular flexibility index (Phi) is 5.39. The number of nitrogens with one attached hydrogen (secondary N) is 1. The van der Waals surface area contributed by atoms with Crippen molar-refractivity contribution in [2.75, 3.05) is 19.0 Å². The molecular formula is C20H23N3O5. The Morgan fingerprint density at radius 1 is 1.14 bits per heavy atom. The standard InChI is InChI=1S/C20H23N3O5/c1-5-9-23-18-16(19(25)22(3)20(23)26)17(24)13(21-18)10-12-7-8-14(27-4)15(11-12)28-6-2/h7-8,10-11,21H,5-6,9H2,1-4H3/b13-10-. The molecule has 0 spiro atoms. The summed E-state index contributed by atoms with van der Waals surface area (Å²) in [6, 6.07) is 5.28. The molecule has 0 amide bonds. The van der Waals surface area contributed by atoms with E-state index in [1.165, 1.54) is 11.6 Å². The number of hydrogen-bond acceptors (Lipinski definition) is 6. The van der Waals surface area contributed by atoms with Gasteiger partial charge in [0, 0.05) is 13.6 Å². The van der Waals surface area contributed by atoms with Gasteiger partial charge in [0.2, 0.25) is 5.78 Å². The fraction of sp³-hybridized carbons (Fsp3) is 0.350. The Morgan fingerprint density at radius 2 is 1.89 bits per heavy atom. The van der Waals surface area contributed by atoms with Gasteiger partial charge in [-0.1, -0.05) is 13.0 Å². The summed E-state index contributed by atoms with van der Waals surface area (Å²) in [5.74, 6) is 0.962. The molecule has 148 valence electrons. The van der Waals surface area contributed by atoms with Gasteiger partial charge in [0.25, 0.3) is 5.56 Å². The molecule has 0 unspecified atom stereocenters. The molecule has 8 heteroatoms. The highest BCUT2D eigenvalue weighted by Crippen LogP contribution is 2.31. The van der Waals surface area contributed by atoms with Crippen LogP contribution in [0.2, 0.25) is 0 Å². The van der Waals surface area contributed by atoms with Crippen LogP contribution < -0.4 is 26.0 Å². The van der Waals surface area contributed by atoms with Gasteiger partial charge < -0.3 is 14.8 Å². The lowest BCUT2D eigenvalue weighted by Gasteiger charge is -2.11. The van der Waals surface area contributed by atoms with Crippen molar-refractivity contribution in [2.24, 2.45) is 7.05 Å². The summed E-state index contributed by atoms with van der Waals surface area (Å²) >= 11 is 0. The number of methoxy groups -OCH3 is 1. The topological polar surface area (TPSA) is 91.6 Å².